The van der Waals surface area contributed by atoms with Crippen molar-refractivity contribution in [2.24, 2.45) is 46.3 Å². The highest BCUT2D eigenvalue weighted by Gasteiger charge is 2.55. The first-order valence-corrected chi connectivity index (χ1v) is 13.1. The highest BCUT2D eigenvalue weighted by Crippen LogP contribution is 2.65. The van der Waals surface area contributed by atoms with E-state index < -0.39 is 0 Å². The molecule has 29 heavy (non-hydrogen) atoms. The van der Waals surface area contributed by atoms with Crippen molar-refractivity contribution in [1.82, 2.24) is 0 Å². The molecule has 0 aromatic heterocycles. The van der Waals surface area contributed by atoms with Crippen LogP contribution in [0, 0.1) is 46.3 Å². The summed E-state index contributed by atoms with van der Waals surface area (Å²) in [5.41, 5.74) is 4.80. The molecule has 4 rings (SSSR count). The van der Waals surface area contributed by atoms with Gasteiger partial charge in [0.15, 0.2) is 0 Å². The van der Waals surface area contributed by atoms with Crippen LogP contribution in [0.4, 0.5) is 0 Å². The minimum Gasteiger partial charge on any atom is -0.393 e. The maximum atomic E-state index is 10.3. The standard InChI is InChI=1S/C28H48O/c1-18(2)19(3)7-8-20(4)24-11-12-25-23-10-9-21-17-22(29)13-15-27(21,5)26(23)14-16-28(24,25)6/h18-22,24,26,29H,7-17H2,1-6H3/t19-,20+,21-,22+,24-,26-,27-,28+/m0/s1. The lowest BCUT2D eigenvalue weighted by Crippen LogP contribution is -2.48. The van der Waals surface area contributed by atoms with Crippen molar-refractivity contribution in [2.45, 2.75) is 118 Å². The van der Waals surface area contributed by atoms with Gasteiger partial charge in [0.1, 0.15) is 0 Å². The predicted octanol–water partition coefficient (Wildman–Crippen LogP) is 7.78. The number of allylic oxidation sites excluding steroid dienone is 2. The molecular weight excluding hydrogens is 352 g/mol. The summed E-state index contributed by atoms with van der Waals surface area (Å²) in [5, 5.41) is 10.3. The fraction of sp³-hybridized carbons (Fsp3) is 0.929. The Morgan fingerprint density at radius 1 is 0.931 bits per heavy atom. The number of rotatable bonds is 5. The summed E-state index contributed by atoms with van der Waals surface area (Å²) in [6.07, 6.45) is 14.5. The smallest absolute Gasteiger partial charge is 0.0543 e. The van der Waals surface area contributed by atoms with E-state index in [0.717, 1.165) is 48.3 Å². The van der Waals surface area contributed by atoms with E-state index >= 15 is 0 Å². The summed E-state index contributed by atoms with van der Waals surface area (Å²) in [5.74, 6) is 5.04. The van der Waals surface area contributed by atoms with Crippen molar-refractivity contribution in [3.8, 4) is 0 Å². The molecule has 0 aliphatic heterocycles. The molecule has 0 unspecified atom stereocenters. The Morgan fingerprint density at radius 2 is 1.69 bits per heavy atom. The second-order valence-electron chi connectivity index (χ2n) is 12.6. The van der Waals surface area contributed by atoms with Gasteiger partial charge in [-0.1, -0.05) is 65.5 Å². The molecule has 0 bridgehead atoms. The van der Waals surface area contributed by atoms with Gasteiger partial charge in [0.25, 0.3) is 0 Å². The van der Waals surface area contributed by atoms with Crippen molar-refractivity contribution in [2.75, 3.05) is 0 Å². The highest BCUT2D eigenvalue weighted by atomic mass is 16.3. The van der Waals surface area contributed by atoms with Gasteiger partial charge < -0.3 is 5.11 Å². The summed E-state index contributed by atoms with van der Waals surface area (Å²) in [6, 6.07) is 0. The maximum absolute atomic E-state index is 10.3. The maximum Gasteiger partial charge on any atom is 0.0543 e. The van der Waals surface area contributed by atoms with E-state index in [4.69, 9.17) is 0 Å². The van der Waals surface area contributed by atoms with Crippen molar-refractivity contribution in [3.63, 3.8) is 0 Å². The summed E-state index contributed by atoms with van der Waals surface area (Å²) >= 11 is 0. The zero-order valence-corrected chi connectivity index (χ0v) is 20.3. The van der Waals surface area contributed by atoms with Gasteiger partial charge in [0.05, 0.1) is 6.10 Å². The Labute approximate surface area is 181 Å². The lowest BCUT2D eigenvalue weighted by molar-refractivity contribution is -0.0381. The number of fused-ring (bicyclic) bond motifs is 4. The monoisotopic (exact) mass is 400 g/mol. The molecule has 3 saturated carbocycles. The quantitative estimate of drug-likeness (QED) is 0.467. The minimum atomic E-state index is -0.0268. The Morgan fingerprint density at radius 3 is 2.41 bits per heavy atom. The van der Waals surface area contributed by atoms with Gasteiger partial charge in [-0.25, -0.2) is 0 Å². The van der Waals surface area contributed by atoms with Crippen molar-refractivity contribution < 1.29 is 5.11 Å². The molecule has 8 atom stereocenters. The summed E-state index contributed by atoms with van der Waals surface area (Å²) in [7, 11) is 0. The van der Waals surface area contributed by atoms with E-state index in [-0.39, 0.29) is 6.10 Å². The van der Waals surface area contributed by atoms with E-state index in [2.05, 4.69) is 41.5 Å². The summed E-state index contributed by atoms with van der Waals surface area (Å²) in [6.45, 7) is 15.0. The van der Waals surface area contributed by atoms with Gasteiger partial charge in [0.2, 0.25) is 0 Å². The second-order valence-corrected chi connectivity index (χ2v) is 12.6. The Bertz CT molecular complexity index is 632. The van der Waals surface area contributed by atoms with Crippen LogP contribution < -0.4 is 0 Å². The Hall–Kier alpha value is -0.300. The van der Waals surface area contributed by atoms with Crippen LogP contribution in [0.1, 0.15) is 112 Å². The van der Waals surface area contributed by atoms with Crippen LogP contribution in [-0.4, -0.2) is 11.2 Å². The third kappa shape index (κ3) is 3.66. The minimum absolute atomic E-state index is 0.0268. The third-order valence-corrected chi connectivity index (χ3v) is 10.9. The largest absolute Gasteiger partial charge is 0.393 e. The zero-order chi connectivity index (χ0) is 21.0. The molecule has 3 fully saturated rings. The Kier molecular flexibility index (Phi) is 6.04. The molecule has 1 N–H and O–H groups in total. The summed E-state index contributed by atoms with van der Waals surface area (Å²) in [4.78, 5) is 0. The molecule has 0 amide bonds. The Balaban J connectivity index is 1.53. The van der Waals surface area contributed by atoms with E-state index in [0.29, 0.717) is 10.8 Å². The fourth-order valence-corrected chi connectivity index (χ4v) is 8.48. The van der Waals surface area contributed by atoms with Gasteiger partial charge in [0, 0.05) is 0 Å². The molecular formula is C28H48O. The molecule has 0 spiro atoms. The average Bonchev–Trinajstić information content (AvgIpc) is 3.03. The average molecular weight is 401 g/mol. The van der Waals surface area contributed by atoms with Crippen LogP contribution in [0.2, 0.25) is 0 Å². The first-order valence-electron chi connectivity index (χ1n) is 13.1. The van der Waals surface area contributed by atoms with Crippen LogP contribution in [-0.2, 0) is 0 Å². The zero-order valence-electron chi connectivity index (χ0n) is 20.3. The molecule has 0 saturated heterocycles. The van der Waals surface area contributed by atoms with E-state index in [1.165, 1.54) is 57.8 Å². The molecule has 166 valence electrons. The van der Waals surface area contributed by atoms with Gasteiger partial charge >= 0.3 is 0 Å². The van der Waals surface area contributed by atoms with Gasteiger partial charge in [-0.05, 0) is 104 Å². The molecule has 0 aromatic rings. The molecule has 4 aliphatic carbocycles. The van der Waals surface area contributed by atoms with E-state index in [1.807, 2.05) is 11.1 Å². The van der Waals surface area contributed by atoms with Crippen LogP contribution in [0.15, 0.2) is 11.1 Å². The van der Waals surface area contributed by atoms with Gasteiger partial charge in [-0.15, -0.1) is 0 Å². The van der Waals surface area contributed by atoms with Crippen molar-refractivity contribution in [1.29, 1.82) is 0 Å². The predicted molar refractivity (Wildman–Crippen MR) is 124 cm³/mol. The first-order chi connectivity index (χ1) is 13.7. The first kappa shape index (κ1) is 21.9. The number of hydrogen-bond acceptors (Lipinski definition) is 1. The molecule has 0 radical (unpaired) electrons. The van der Waals surface area contributed by atoms with Crippen LogP contribution >= 0.6 is 0 Å². The van der Waals surface area contributed by atoms with Crippen molar-refractivity contribution in [3.05, 3.63) is 11.1 Å². The van der Waals surface area contributed by atoms with Crippen LogP contribution in [0.5, 0.6) is 0 Å². The topological polar surface area (TPSA) is 20.2 Å². The van der Waals surface area contributed by atoms with E-state index in [1.54, 1.807) is 0 Å². The fourth-order valence-electron chi connectivity index (χ4n) is 8.48. The molecule has 0 heterocycles. The van der Waals surface area contributed by atoms with E-state index in [9.17, 15) is 5.11 Å². The number of hydrogen-bond donors (Lipinski definition) is 1. The molecule has 1 heteroatoms. The normalized spacial score (nSPS) is 44.3. The lowest BCUT2D eigenvalue weighted by Gasteiger charge is -2.56. The highest BCUT2D eigenvalue weighted by molar-refractivity contribution is 5.34. The summed E-state index contributed by atoms with van der Waals surface area (Å²) < 4.78 is 0. The molecule has 0 aromatic carbocycles. The number of aliphatic hydroxyl groups is 1. The SMILES string of the molecule is CC(C)[C@@H](C)CC[C@@H](C)[C@@H]1CCC2=C3CC[C@H]4C[C@H](O)CC[C@]4(C)[C@H]3CC[C@@]21C. The van der Waals surface area contributed by atoms with Crippen LogP contribution in [0.3, 0.4) is 0 Å². The van der Waals surface area contributed by atoms with Gasteiger partial charge in [-0.3, -0.25) is 0 Å². The third-order valence-electron chi connectivity index (χ3n) is 10.9. The lowest BCUT2D eigenvalue weighted by atomic mass is 9.49. The van der Waals surface area contributed by atoms with Gasteiger partial charge in [-0.2, -0.15) is 0 Å². The molecule has 4 aliphatic rings. The molecule has 1 nitrogen and oxygen atoms in total. The number of aliphatic hydroxyl groups excluding tert-OH is 1. The van der Waals surface area contributed by atoms with Crippen LogP contribution in [0.25, 0.3) is 0 Å². The second kappa shape index (κ2) is 7.99. The van der Waals surface area contributed by atoms with Crippen molar-refractivity contribution >= 4 is 0 Å².